The summed E-state index contributed by atoms with van der Waals surface area (Å²) in [4.78, 5) is 13.1. The number of hydrogen-bond donors (Lipinski definition) is 1. The molecule has 0 saturated heterocycles. The zero-order valence-electron chi connectivity index (χ0n) is 12.7. The van der Waals surface area contributed by atoms with Crippen molar-refractivity contribution in [3.05, 3.63) is 18.2 Å². The van der Waals surface area contributed by atoms with Crippen LogP contribution < -0.4 is 10.5 Å². The fourth-order valence-electron chi connectivity index (χ4n) is 1.68. The minimum absolute atomic E-state index is 0.0363. The van der Waals surface area contributed by atoms with Crippen molar-refractivity contribution >= 4 is 21.6 Å². The van der Waals surface area contributed by atoms with Gasteiger partial charge in [0.15, 0.2) is 0 Å². The van der Waals surface area contributed by atoms with E-state index >= 15 is 0 Å². The molecule has 0 aliphatic carbocycles. The summed E-state index contributed by atoms with van der Waals surface area (Å²) >= 11 is 0. The van der Waals surface area contributed by atoms with Gasteiger partial charge < -0.3 is 15.4 Å². The summed E-state index contributed by atoms with van der Waals surface area (Å²) in [6.45, 7) is 1.65. The number of methoxy groups -OCH3 is 1. The van der Waals surface area contributed by atoms with Crippen molar-refractivity contribution in [3.8, 4) is 5.75 Å². The van der Waals surface area contributed by atoms with Crippen molar-refractivity contribution in [2.45, 2.75) is 11.8 Å². The molecule has 2 N–H and O–H groups in total. The Bertz CT molecular complexity index is 614. The van der Waals surface area contributed by atoms with Gasteiger partial charge >= 0.3 is 0 Å². The Balaban J connectivity index is 3.13. The van der Waals surface area contributed by atoms with Gasteiger partial charge in [-0.2, -0.15) is 4.31 Å². The summed E-state index contributed by atoms with van der Waals surface area (Å²) in [6.07, 6.45) is 0. The lowest BCUT2D eigenvalue weighted by Gasteiger charge is -2.22. The molecule has 8 heteroatoms. The Morgan fingerprint density at radius 2 is 1.95 bits per heavy atom. The number of sulfonamides is 1. The normalized spacial score (nSPS) is 11.5. The molecule has 118 valence electrons. The van der Waals surface area contributed by atoms with Crippen molar-refractivity contribution in [2.24, 2.45) is 0 Å². The van der Waals surface area contributed by atoms with E-state index in [9.17, 15) is 13.2 Å². The number of benzene rings is 1. The average molecular weight is 315 g/mol. The Kier molecular flexibility index (Phi) is 5.56. The van der Waals surface area contributed by atoms with Crippen LogP contribution in [-0.2, 0) is 14.8 Å². The number of likely N-dealkylation sites (N-methyl/N-ethyl adjacent to an activating group) is 2. The molecule has 1 aromatic carbocycles. The smallest absolute Gasteiger partial charge is 0.243 e. The van der Waals surface area contributed by atoms with E-state index in [-0.39, 0.29) is 29.6 Å². The van der Waals surface area contributed by atoms with Crippen LogP contribution in [-0.4, -0.2) is 57.8 Å². The van der Waals surface area contributed by atoms with Gasteiger partial charge in [-0.05, 0) is 18.2 Å². The zero-order valence-corrected chi connectivity index (χ0v) is 13.5. The first-order chi connectivity index (χ1) is 9.73. The molecule has 0 aliphatic rings. The van der Waals surface area contributed by atoms with E-state index in [2.05, 4.69) is 0 Å². The lowest BCUT2D eigenvalue weighted by atomic mass is 10.3. The molecule has 0 radical (unpaired) electrons. The second-order valence-corrected chi connectivity index (χ2v) is 6.56. The third-order valence-corrected chi connectivity index (χ3v) is 4.92. The predicted octanol–water partition coefficient (Wildman–Crippen LogP) is 0.376. The van der Waals surface area contributed by atoms with Crippen LogP contribution >= 0.6 is 0 Å². The van der Waals surface area contributed by atoms with Crippen LogP contribution in [0.2, 0.25) is 0 Å². The van der Waals surface area contributed by atoms with E-state index in [1.165, 1.54) is 30.2 Å². The van der Waals surface area contributed by atoms with E-state index in [1.54, 1.807) is 21.0 Å². The quantitative estimate of drug-likeness (QED) is 0.766. The first-order valence-corrected chi connectivity index (χ1v) is 7.81. The standard InChI is InChI=1S/C13H21N3O4S/c1-5-16(9-13(17)15(2)3)21(18,19)10-6-7-12(20-4)11(14)8-10/h6-8H,5,9,14H2,1-4H3. The number of amides is 1. The van der Waals surface area contributed by atoms with Gasteiger partial charge in [0.1, 0.15) is 5.75 Å². The summed E-state index contributed by atoms with van der Waals surface area (Å²) in [5.41, 5.74) is 5.97. The highest BCUT2D eigenvalue weighted by Crippen LogP contribution is 2.26. The number of nitrogens with two attached hydrogens (primary N) is 1. The maximum atomic E-state index is 12.5. The molecule has 0 heterocycles. The molecular formula is C13H21N3O4S. The monoisotopic (exact) mass is 315 g/mol. The molecule has 21 heavy (non-hydrogen) atoms. The van der Waals surface area contributed by atoms with Crippen LogP contribution in [0.5, 0.6) is 5.75 Å². The predicted molar refractivity (Wildman–Crippen MR) is 80.5 cm³/mol. The fourth-order valence-corrected chi connectivity index (χ4v) is 3.12. The zero-order chi connectivity index (χ0) is 16.2. The van der Waals surface area contributed by atoms with Crippen LogP contribution in [0.4, 0.5) is 5.69 Å². The van der Waals surface area contributed by atoms with Crippen LogP contribution in [0, 0.1) is 0 Å². The summed E-state index contributed by atoms with van der Waals surface area (Å²) in [6, 6.07) is 4.23. The lowest BCUT2D eigenvalue weighted by Crippen LogP contribution is -2.40. The van der Waals surface area contributed by atoms with Crippen molar-refractivity contribution in [1.82, 2.24) is 9.21 Å². The van der Waals surface area contributed by atoms with Crippen molar-refractivity contribution < 1.29 is 17.9 Å². The molecule has 7 nitrogen and oxygen atoms in total. The van der Waals surface area contributed by atoms with E-state index in [0.717, 1.165) is 4.31 Å². The van der Waals surface area contributed by atoms with Crippen molar-refractivity contribution in [3.63, 3.8) is 0 Å². The number of rotatable bonds is 6. The molecular weight excluding hydrogens is 294 g/mol. The summed E-state index contributed by atoms with van der Waals surface area (Å²) in [5.74, 6) is 0.114. The van der Waals surface area contributed by atoms with Gasteiger partial charge in [-0.25, -0.2) is 8.42 Å². The lowest BCUT2D eigenvalue weighted by molar-refractivity contribution is -0.128. The molecule has 0 fully saturated rings. The van der Waals surface area contributed by atoms with Gasteiger partial charge in [-0.3, -0.25) is 4.79 Å². The van der Waals surface area contributed by atoms with E-state index in [0.29, 0.717) is 5.75 Å². The molecule has 0 atom stereocenters. The molecule has 0 bridgehead atoms. The number of carbonyl (C=O) groups excluding carboxylic acids is 1. The highest BCUT2D eigenvalue weighted by Gasteiger charge is 2.26. The largest absolute Gasteiger partial charge is 0.495 e. The first kappa shape index (κ1) is 17.3. The fraction of sp³-hybridized carbons (Fsp3) is 0.462. The first-order valence-electron chi connectivity index (χ1n) is 6.37. The maximum absolute atomic E-state index is 12.5. The molecule has 1 rings (SSSR count). The third kappa shape index (κ3) is 3.85. The Labute approximate surface area is 125 Å². The average Bonchev–Trinajstić information content (AvgIpc) is 2.43. The van der Waals surface area contributed by atoms with Crippen molar-refractivity contribution in [1.29, 1.82) is 0 Å². The van der Waals surface area contributed by atoms with E-state index < -0.39 is 10.0 Å². The Morgan fingerprint density at radius 1 is 1.33 bits per heavy atom. The summed E-state index contributed by atoms with van der Waals surface area (Å²) < 4.78 is 31.2. The topological polar surface area (TPSA) is 92.9 Å². The van der Waals surface area contributed by atoms with E-state index in [1.807, 2.05) is 0 Å². The van der Waals surface area contributed by atoms with Crippen LogP contribution in [0.25, 0.3) is 0 Å². The molecule has 0 aliphatic heterocycles. The van der Waals surface area contributed by atoms with E-state index in [4.69, 9.17) is 10.5 Å². The number of anilines is 1. The minimum atomic E-state index is -3.78. The number of nitrogen functional groups attached to an aromatic ring is 1. The van der Waals surface area contributed by atoms with Gasteiger partial charge in [0.2, 0.25) is 15.9 Å². The van der Waals surface area contributed by atoms with Crippen LogP contribution in [0.1, 0.15) is 6.92 Å². The van der Waals surface area contributed by atoms with Gasteiger partial charge in [0.25, 0.3) is 0 Å². The van der Waals surface area contributed by atoms with Crippen molar-refractivity contribution in [2.75, 3.05) is 40.0 Å². The molecule has 1 aromatic rings. The summed E-state index contributed by atoms with van der Waals surface area (Å²) in [5, 5.41) is 0. The van der Waals surface area contributed by atoms with Gasteiger partial charge in [-0.1, -0.05) is 6.92 Å². The van der Waals surface area contributed by atoms with Gasteiger partial charge in [-0.15, -0.1) is 0 Å². The highest BCUT2D eigenvalue weighted by atomic mass is 32.2. The number of ether oxygens (including phenoxy) is 1. The molecule has 0 aromatic heterocycles. The Hall–Kier alpha value is -1.80. The van der Waals surface area contributed by atoms with Crippen LogP contribution in [0.15, 0.2) is 23.1 Å². The van der Waals surface area contributed by atoms with Crippen LogP contribution in [0.3, 0.4) is 0 Å². The molecule has 0 saturated carbocycles. The third-order valence-electron chi connectivity index (χ3n) is 3.00. The molecule has 1 amide bonds. The maximum Gasteiger partial charge on any atom is 0.243 e. The minimum Gasteiger partial charge on any atom is -0.495 e. The Morgan fingerprint density at radius 3 is 2.38 bits per heavy atom. The second-order valence-electron chi connectivity index (χ2n) is 4.62. The number of carbonyl (C=O) groups is 1. The molecule has 0 spiro atoms. The van der Waals surface area contributed by atoms with Gasteiger partial charge in [0, 0.05) is 20.6 Å². The summed E-state index contributed by atoms with van der Waals surface area (Å²) in [7, 11) is 0.831. The van der Waals surface area contributed by atoms with Gasteiger partial charge in [0.05, 0.1) is 24.2 Å². The number of hydrogen-bond acceptors (Lipinski definition) is 5. The number of nitrogens with zero attached hydrogens (tertiary/aromatic N) is 2. The molecule has 0 unspecified atom stereocenters. The second kappa shape index (κ2) is 6.77. The SMILES string of the molecule is CCN(CC(=O)N(C)C)S(=O)(=O)c1ccc(OC)c(N)c1. The highest BCUT2D eigenvalue weighted by molar-refractivity contribution is 7.89.